The van der Waals surface area contributed by atoms with E-state index in [9.17, 15) is 4.79 Å². The summed E-state index contributed by atoms with van der Waals surface area (Å²) in [5.74, 6) is 0.495. The number of hydrogen-bond donors (Lipinski definition) is 1. The van der Waals surface area contributed by atoms with Gasteiger partial charge in [-0.05, 0) is 55.5 Å². The van der Waals surface area contributed by atoms with E-state index in [2.05, 4.69) is 66.5 Å². The average molecular weight is 335 g/mol. The third kappa shape index (κ3) is 3.29. The largest absolute Gasteiger partial charge is 0.333 e. The molecule has 25 heavy (non-hydrogen) atoms. The number of carbonyl (C=O) groups is 1. The molecular formula is C21H25N3O. The van der Waals surface area contributed by atoms with Gasteiger partial charge in [0.1, 0.15) is 5.65 Å². The van der Waals surface area contributed by atoms with Crippen molar-refractivity contribution in [2.24, 2.45) is 0 Å². The number of hydrogen-bond acceptors (Lipinski definition) is 2. The van der Waals surface area contributed by atoms with E-state index < -0.39 is 0 Å². The minimum Gasteiger partial charge on any atom is -0.333 e. The summed E-state index contributed by atoms with van der Waals surface area (Å²) >= 11 is 0. The minimum atomic E-state index is 0.255. The molecule has 0 aliphatic rings. The van der Waals surface area contributed by atoms with Crippen LogP contribution in [0.1, 0.15) is 51.1 Å². The molecule has 1 unspecified atom stereocenters. The van der Waals surface area contributed by atoms with E-state index >= 15 is 0 Å². The molecule has 4 nitrogen and oxygen atoms in total. The maximum absolute atomic E-state index is 10.5. The van der Waals surface area contributed by atoms with Crippen LogP contribution in [-0.4, -0.2) is 16.0 Å². The van der Waals surface area contributed by atoms with E-state index in [1.54, 1.807) is 0 Å². The number of allylic oxidation sites excluding steroid dienone is 1. The molecule has 0 aliphatic carbocycles. The van der Waals surface area contributed by atoms with Crippen LogP contribution in [0.5, 0.6) is 0 Å². The number of fused-ring (bicyclic) bond motifs is 3. The van der Waals surface area contributed by atoms with Gasteiger partial charge in [0.05, 0.1) is 5.52 Å². The van der Waals surface area contributed by atoms with Gasteiger partial charge in [0.2, 0.25) is 6.41 Å². The fraction of sp³-hybridized carbons (Fsp3) is 0.333. The Balaban J connectivity index is 2.06. The minimum absolute atomic E-state index is 0.255. The number of rotatable bonds is 7. The monoisotopic (exact) mass is 335 g/mol. The third-order valence-corrected chi connectivity index (χ3v) is 4.82. The Labute approximate surface area is 148 Å². The van der Waals surface area contributed by atoms with E-state index in [4.69, 9.17) is 0 Å². The van der Waals surface area contributed by atoms with Gasteiger partial charge >= 0.3 is 0 Å². The second-order valence-electron chi connectivity index (χ2n) is 6.93. The van der Waals surface area contributed by atoms with Gasteiger partial charge in [-0.15, -0.1) is 0 Å². The molecule has 0 saturated carbocycles. The van der Waals surface area contributed by atoms with Crippen LogP contribution in [0.25, 0.3) is 21.9 Å². The molecule has 2 heterocycles. The summed E-state index contributed by atoms with van der Waals surface area (Å²) in [6, 6.07) is 11.1. The van der Waals surface area contributed by atoms with Crippen molar-refractivity contribution in [3.63, 3.8) is 0 Å². The van der Waals surface area contributed by atoms with Crippen molar-refractivity contribution in [2.45, 2.75) is 45.6 Å². The highest BCUT2D eigenvalue weighted by atomic mass is 16.1. The molecule has 0 radical (unpaired) electrons. The highest BCUT2D eigenvalue weighted by molar-refractivity contribution is 6.07. The zero-order chi connectivity index (χ0) is 18.0. The van der Waals surface area contributed by atoms with Gasteiger partial charge in [-0.25, -0.2) is 4.98 Å². The topological polar surface area (TPSA) is 46.9 Å². The molecule has 0 fully saturated rings. The van der Waals surface area contributed by atoms with E-state index in [1.807, 2.05) is 12.3 Å². The highest BCUT2D eigenvalue weighted by Crippen LogP contribution is 2.34. The van der Waals surface area contributed by atoms with Gasteiger partial charge in [0, 0.05) is 28.7 Å². The van der Waals surface area contributed by atoms with Crippen molar-refractivity contribution in [2.75, 3.05) is 0 Å². The molecule has 2 aromatic heterocycles. The molecular weight excluding hydrogens is 310 g/mol. The summed E-state index contributed by atoms with van der Waals surface area (Å²) in [4.78, 5) is 15.2. The van der Waals surface area contributed by atoms with Crippen molar-refractivity contribution >= 4 is 28.3 Å². The Kier molecular flexibility index (Phi) is 4.88. The van der Waals surface area contributed by atoms with Crippen molar-refractivity contribution in [3.8, 4) is 0 Å². The standard InChI is InChI=1S/C21H25N3O/c1-14(2)17-9-10-20-19(12-17)18-6-5-11-22-21(18)24(20)16(4)8-7-15(3)23-13-25/h5-6,9-14,16H,3,7-8H2,1-2,4H3,(H,23,25). The first-order valence-electron chi connectivity index (χ1n) is 8.79. The summed E-state index contributed by atoms with van der Waals surface area (Å²) in [5.41, 5.74) is 4.31. The molecule has 1 atom stereocenters. The van der Waals surface area contributed by atoms with Crippen LogP contribution in [0, 0.1) is 0 Å². The normalized spacial score (nSPS) is 12.6. The molecule has 3 rings (SSSR count). The Bertz CT molecular complexity index is 923. The molecule has 4 heteroatoms. The number of benzene rings is 1. The predicted molar refractivity (Wildman–Crippen MR) is 104 cm³/mol. The van der Waals surface area contributed by atoms with Gasteiger partial charge in [-0.2, -0.15) is 0 Å². The lowest BCUT2D eigenvalue weighted by molar-refractivity contribution is -0.109. The second kappa shape index (κ2) is 7.09. The molecule has 1 aromatic carbocycles. The smallest absolute Gasteiger partial charge is 0.211 e. The van der Waals surface area contributed by atoms with Crippen molar-refractivity contribution in [1.82, 2.24) is 14.9 Å². The van der Waals surface area contributed by atoms with Crippen LogP contribution in [0.2, 0.25) is 0 Å². The van der Waals surface area contributed by atoms with Gasteiger partial charge in [0.15, 0.2) is 0 Å². The van der Waals surface area contributed by atoms with Crippen LogP contribution in [0.4, 0.5) is 0 Å². The van der Waals surface area contributed by atoms with Crippen molar-refractivity contribution in [3.05, 3.63) is 54.4 Å². The number of nitrogens with one attached hydrogen (secondary N) is 1. The highest BCUT2D eigenvalue weighted by Gasteiger charge is 2.17. The molecule has 0 saturated heterocycles. The maximum Gasteiger partial charge on any atom is 0.211 e. The fourth-order valence-electron chi connectivity index (χ4n) is 3.37. The van der Waals surface area contributed by atoms with E-state index in [1.165, 1.54) is 21.9 Å². The van der Waals surface area contributed by atoms with Gasteiger partial charge in [0.25, 0.3) is 0 Å². The molecule has 3 aromatic rings. The van der Waals surface area contributed by atoms with Crippen LogP contribution in [0.15, 0.2) is 48.8 Å². The van der Waals surface area contributed by atoms with Gasteiger partial charge in [-0.3, -0.25) is 4.79 Å². The Morgan fingerprint density at radius 1 is 1.28 bits per heavy atom. The quantitative estimate of drug-likeness (QED) is 0.623. The molecule has 1 N–H and O–H groups in total. The van der Waals surface area contributed by atoms with E-state index in [0.29, 0.717) is 12.3 Å². The zero-order valence-corrected chi connectivity index (χ0v) is 15.1. The predicted octanol–water partition coefficient (Wildman–Crippen LogP) is 4.91. The Morgan fingerprint density at radius 3 is 2.80 bits per heavy atom. The Morgan fingerprint density at radius 2 is 2.08 bits per heavy atom. The zero-order valence-electron chi connectivity index (χ0n) is 15.1. The Hall–Kier alpha value is -2.62. The lowest BCUT2D eigenvalue weighted by Gasteiger charge is -2.17. The summed E-state index contributed by atoms with van der Waals surface area (Å²) in [6.45, 7) is 10.5. The average Bonchev–Trinajstić information content (AvgIpc) is 2.93. The number of nitrogens with zero attached hydrogens (tertiary/aromatic N) is 2. The van der Waals surface area contributed by atoms with Gasteiger partial charge in [-0.1, -0.05) is 26.5 Å². The first-order valence-corrected chi connectivity index (χ1v) is 8.79. The summed E-state index contributed by atoms with van der Waals surface area (Å²) in [5, 5.41) is 5.09. The molecule has 130 valence electrons. The van der Waals surface area contributed by atoms with Crippen LogP contribution in [0.3, 0.4) is 0 Å². The number of pyridine rings is 1. The van der Waals surface area contributed by atoms with E-state index in [-0.39, 0.29) is 6.04 Å². The molecule has 0 spiro atoms. The van der Waals surface area contributed by atoms with Crippen molar-refractivity contribution < 1.29 is 4.79 Å². The number of carbonyl (C=O) groups excluding carboxylic acids is 1. The summed E-state index contributed by atoms with van der Waals surface area (Å²) in [7, 11) is 0. The fourth-order valence-corrected chi connectivity index (χ4v) is 3.37. The lowest BCUT2D eigenvalue weighted by atomic mass is 10.0. The first kappa shape index (κ1) is 17.2. The number of amides is 1. The summed E-state index contributed by atoms with van der Waals surface area (Å²) in [6.07, 6.45) is 4.17. The first-order chi connectivity index (χ1) is 12.0. The molecule has 0 aliphatic heterocycles. The molecule has 0 bridgehead atoms. The third-order valence-electron chi connectivity index (χ3n) is 4.82. The van der Waals surface area contributed by atoms with Crippen LogP contribution >= 0.6 is 0 Å². The number of aromatic nitrogens is 2. The second-order valence-corrected chi connectivity index (χ2v) is 6.93. The SMILES string of the molecule is C=C(CCC(C)n1c2ccc(C(C)C)cc2c2cccnc21)NC=O. The van der Waals surface area contributed by atoms with Gasteiger partial charge < -0.3 is 9.88 Å². The van der Waals surface area contributed by atoms with Crippen LogP contribution in [-0.2, 0) is 4.79 Å². The van der Waals surface area contributed by atoms with E-state index in [0.717, 1.165) is 24.2 Å². The molecule has 1 amide bonds. The lowest BCUT2D eigenvalue weighted by Crippen LogP contribution is -2.12. The maximum atomic E-state index is 10.5. The van der Waals surface area contributed by atoms with Crippen LogP contribution < -0.4 is 5.32 Å². The summed E-state index contributed by atoms with van der Waals surface area (Å²) < 4.78 is 2.31. The van der Waals surface area contributed by atoms with Crippen molar-refractivity contribution in [1.29, 1.82) is 0 Å².